The third-order valence-corrected chi connectivity index (χ3v) is 4.81. The van der Waals surface area contributed by atoms with Crippen molar-refractivity contribution in [1.82, 2.24) is 9.29 Å². The van der Waals surface area contributed by atoms with Crippen LogP contribution in [-0.4, -0.2) is 50.6 Å². The lowest BCUT2D eigenvalue weighted by molar-refractivity contribution is 0.135. The van der Waals surface area contributed by atoms with E-state index in [1.165, 1.54) is 10.5 Å². The van der Waals surface area contributed by atoms with Gasteiger partial charge in [0.05, 0.1) is 12.3 Å². The van der Waals surface area contributed by atoms with Crippen molar-refractivity contribution in [3.8, 4) is 0 Å². The molecule has 114 valence electrons. The molecule has 20 heavy (non-hydrogen) atoms. The van der Waals surface area contributed by atoms with Crippen LogP contribution in [0.25, 0.3) is 0 Å². The molecule has 0 saturated carbocycles. The Bertz CT molecular complexity index is 505. The highest BCUT2D eigenvalue weighted by atomic mass is 32.2. The third kappa shape index (κ3) is 4.16. The molecule has 0 aliphatic heterocycles. The molecule has 0 bridgehead atoms. The van der Waals surface area contributed by atoms with Gasteiger partial charge in [0.2, 0.25) is 10.0 Å². The van der Waals surface area contributed by atoms with Crippen molar-refractivity contribution in [3.05, 3.63) is 18.5 Å². The number of anilines is 1. The van der Waals surface area contributed by atoms with E-state index in [9.17, 15) is 8.42 Å². The second-order valence-corrected chi connectivity index (χ2v) is 6.00. The first kappa shape index (κ1) is 16.9. The standard InChI is InChI=1S/C13H23N3O3S/c1-4-15-12-7-8-14-11-13(12)20(17,18)16(5-2)9-10-19-6-3/h7-8,11H,4-6,9-10H2,1-3H3,(H,14,15). The van der Waals surface area contributed by atoms with E-state index in [1.807, 2.05) is 20.8 Å². The Balaban J connectivity index is 3.01. The molecule has 6 nitrogen and oxygen atoms in total. The molecule has 1 N–H and O–H groups in total. The Morgan fingerprint density at radius 2 is 2.10 bits per heavy atom. The van der Waals surface area contributed by atoms with Gasteiger partial charge in [-0.2, -0.15) is 4.31 Å². The zero-order valence-corrected chi connectivity index (χ0v) is 13.1. The van der Waals surface area contributed by atoms with Crippen LogP contribution in [0.4, 0.5) is 5.69 Å². The molecule has 0 aliphatic rings. The van der Waals surface area contributed by atoms with Gasteiger partial charge in [-0.05, 0) is 19.9 Å². The molecule has 0 amide bonds. The van der Waals surface area contributed by atoms with Crippen LogP contribution in [0, 0.1) is 0 Å². The number of nitrogens with zero attached hydrogens (tertiary/aromatic N) is 2. The lowest BCUT2D eigenvalue weighted by atomic mass is 10.4. The summed E-state index contributed by atoms with van der Waals surface area (Å²) >= 11 is 0. The number of pyridine rings is 1. The van der Waals surface area contributed by atoms with Crippen molar-refractivity contribution in [1.29, 1.82) is 0 Å². The lowest BCUT2D eigenvalue weighted by Gasteiger charge is -2.21. The maximum absolute atomic E-state index is 12.6. The SMILES string of the molecule is CCNc1ccncc1S(=O)(=O)N(CC)CCOCC. The number of nitrogens with one attached hydrogen (secondary N) is 1. The first-order valence-electron chi connectivity index (χ1n) is 6.83. The summed E-state index contributed by atoms with van der Waals surface area (Å²) in [5.74, 6) is 0. The van der Waals surface area contributed by atoms with Gasteiger partial charge in [-0.3, -0.25) is 4.98 Å². The molecule has 0 saturated heterocycles. The van der Waals surface area contributed by atoms with Gasteiger partial charge in [-0.25, -0.2) is 8.42 Å². The molecule has 0 radical (unpaired) electrons. The zero-order valence-electron chi connectivity index (χ0n) is 12.3. The largest absolute Gasteiger partial charge is 0.384 e. The highest BCUT2D eigenvalue weighted by molar-refractivity contribution is 7.89. The average molecular weight is 301 g/mol. The fourth-order valence-electron chi connectivity index (χ4n) is 1.82. The molecule has 0 atom stereocenters. The van der Waals surface area contributed by atoms with E-state index >= 15 is 0 Å². The van der Waals surface area contributed by atoms with E-state index in [-0.39, 0.29) is 4.90 Å². The number of sulfonamides is 1. The Morgan fingerprint density at radius 1 is 1.35 bits per heavy atom. The monoisotopic (exact) mass is 301 g/mol. The van der Waals surface area contributed by atoms with Gasteiger partial charge >= 0.3 is 0 Å². The highest BCUT2D eigenvalue weighted by Crippen LogP contribution is 2.23. The van der Waals surface area contributed by atoms with Gasteiger partial charge in [-0.15, -0.1) is 0 Å². The second kappa shape index (κ2) is 8.18. The summed E-state index contributed by atoms with van der Waals surface area (Å²) in [5, 5.41) is 3.05. The molecular weight excluding hydrogens is 278 g/mol. The summed E-state index contributed by atoms with van der Waals surface area (Å²) in [5.41, 5.74) is 0.581. The van der Waals surface area contributed by atoms with Crippen molar-refractivity contribution >= 4 is 15.7 Å². The minimum Gasteiger partial charge on any atom is -0.384 e. The zero-order chi connectivity index (χ0) is 15.0. The fraction of sp³-hybridized carbons (Fsp3) is 0.615. The van der Waals surface area contributed by atoms with Crippen LogP contribution < -0.4 is 5.32 Å². The molecule has 0 aliphatic carbocycles. The first-order valence-corrected chi connectivity index (χ1v) is 8.27. The van der Waals surface area contributed by atoms with Crippen molar-refractivity contribution < 1.29 is 13.2 Å². The van der Waals surface area contributed by atoms with E-state index in [2.05, 4.69) is 10.3 Å². The minimum absolute atomic E-state index is 0.209. The van der Waals surface area contributed by atoms with Gasteiger partial charge in [0.25, 0.3) is 0 Å². The van der Waals surface area contributed by atoms with Gasteiger partial charge in [-0.1, -0.05) is 6.92 Å². The second-order valence-electron chi connectivity index (χ2n) is 4.10. The number of hydrogen-bond donors (Lipinski definition) is 1. The fourth-order valence-corrected chi connectivity index (χ4v) is 3.37. The number of hydrogen-bond acceptors (Lipinski definition) is 5. The molecule has 0 unspecified atom stereocenters. The number of likely N-dealkylation sites (N-methyl/N-ethyl adjacent to an activating group) is 1. The van der Waals surface area contributed by atoms with E-state index in [0.717, 1.165) is 0 Å². The Morgan fingerprint density at radius 3 is 2.70 bits per heavy atom. The van der Waals surface area contributed by atoms with Crippen LogP contribution in [0.2, 0.25) is 0 Å². The molecule has 1 heterocycles. The molecular formula is C13H23N3O3S. The first-order chi connectivity index (χ1) is 9.57. The van der Waals surface area contributed by atoms with Gasteiger partial charge in [0.1, 0.15) is 4.90 Å². The van der Waals surface area contributed by atoms with Gasteiger partial charge < -0.3 is 10.1 Å². The third-order valence-electron chi connectivity index (χ3n) is 2.81. The van der Waals surface area contributed by atoms with Crippen molar-refractivity contribution in [3.63, 3.8) is 0 Å². The topological polar surface area (TPSA) is 71.5 Å². The predicted molar refractivity (Wildman–Crippen MR) is 79.3 cm³/mol. The van der Waals surface area contributed by atoms with Crippen LogP contribution in [0.5, 0.6) is 0 Å². The minimum atomic E-state index is -3.56. The maximum atomic E-state index is 12.6. The molecule has 1 aromatic rings. The summed E-state index contributed by atoms with van der Waals surface area (Å²) in [6.45, 7) is 7.97. The highest BCUT2D eigenvalue weighted by Gasteiger charge is 2.25. The van der Waals surface area contributed by atoms with Crippen LogP contribution in [0.15, 0.2) is 23.4 Å². The molecule has 0 fully saturated rings. The Hall–Kier alpha value is -1.18. The normalized spacial score (nSPS) is 11.8. The summed E-state index contributed by atoms with van der Waals surface area (Å²) < 4.78 is 31.9. The van der Waals surface area contributed by atoms with E-state index in [1.54, 1.807) is 12.3 Å². The maximum Gasteiger partial charge on any atom is 0.246 e. The lowest BCUT2D eigenvalue weighted by Crippen LogP contribution is -2.34. The van der Waals surface area contributed by atoms with Gasteiger partial charge in [0, 0.05) is 38.6 Å². The summed E-state index contributed by atoms with van der Waals surface area (Å²) in [6.07, 6.45) is 2.96. The van der Waals surface area contributed by atoms with E-state index < -0.39 is 10.0 Å². The predicted octanol–water partition coefficient (Wildman–Crippen LogP) is 1.56. The number of rotatable bonds is 9. The number of ether oxygens (including phenoxy) is 1. The van der Waals surface area contributed by atoms with Gasteiger partial charge in [0.15, 0.2) is 0 Å². The van der Waals surface area contributed by atoms with E-state index in [4.69, 9.17) is 4.74 Å². The molecule has 0 spiro atoms. The van der Waals surface area contributed by atoms with Crippen molar-refractivity contribution in [2.75, 3.05) is 38.2 Å². The van der Waals surface area contributed by atoms with Crippen molar-refractivity contribution in [2.45, 2.75) is 25.7 Å². The summed E-state index contributed by atoms with van der Waals surface area (Å²) in [7, 11) is -3.56. The molecule has 1 aromatic heterocycles. The summed E-state index contributed by atoms with van der Waals surface area (Å²) in [6, 6.07) is 1.67. The Kier molecular flexibility index (Phi) is 6.90. The van der Waals surface area contributed by atoms with E-state index in [0.29, 0.717) is 38.5 Å². The summed E-state index contributed by atoms with van der Waals surface area (Å²) in [4.78, 5) is 4.14. The van der Waals surface area contributed by atoms with Crippen molar-refractivity contribution in [2.24, 2.45) is 0 Å². The van der Waals surface area contributed by atoms with Crippen LogP contribution >= 0.6 is 0 Å². The number of aromatic nitrogens is 1. The average Bonchev–Trinajstić information content (AvgIpc) is 2.44. The smallest absolute Gasteiger partial charge is 0.246 e. The molecule has 7 heteroatoms. The van der Waals surface area contributed by atoms with Crippen LogP contribution in [0.3, 0.4) is 0 Å². The Labute approximate surface area is 121 Å². The van der Waals surface area contributed by atoms with Crippen LogP contribution in [-0.2, 0) is 14.8 Å². The molecule has 1 rings (SSSR count). The van der Waals surface area contributed by atoms with Crippen LogP contribution in [0.1, 0.15) is 20.8 Å². The quantitative estimate of drug-likeness (QED) is 0.701. The molecule has 0 aromatic carbocycles.